The van der Waals surface area contributed by atoms with Crippen LogP contribution in [-0.2, 0) is 19.4 Å². The molecule has 0 unspecified atom stereocenters. The highest BCUT2D eigenvalue weighted by atomic mass is 35.5. The molecule has 4 rings (SSSR count). The van der Waals surface area contributed by atoms with Crippen LogP contribution in [0.1, 0.15) is 54.2 Å². The third-order valence-corrected chi connectivity index (χ3v) is 6.72. The van der Waals surface area contributed by atoms with Gasteiger partial charge in [0, 0.05) is 17.0 Å². The van der Waals surface area contributed by atoms with Gasteiger partial charge in [0.2, 0.25) is 0 Å². The number of hydrogen-bond acceptors (Lipinski definition) is 5. The molecule has 0 amide bonds. The van der Waals surface area contributed by atoms with Gasteiger partial charge in [-0.2, -0.15) is 10.4 Å². The lowest BCUT2D eigenvalue weighted by Crippen LogP contribution is -2.12. The predicted molar refractivity (Wildman–Crippen MR) is 117 cm³/mol. The van der Waals surface area contributed by atoms with E-state index in [1.165, 1.54) is 4.88 Å². The second-order valence-electron chi connectivity index (χ2n) is 7.84. The molecule has 0 saturated heterocycles. The van der Waals surface area contributed by atoms with Crippen LogP contribution in [-0.4, -0.2) is 19.7 Å². The molecule has 29 heavy (non-hydrogen) atoms. The summed E-state index contributed by atoms with van der Waals surface area (Å²) >= 11 is 8.08. The van der Waals surface area contributed by atoms with Crippen molar-refractivity contribution >= 4 is 44.8 Å². The number of aromatic nitrogens is 4. The molecule has 0 radical (unpaired) electrons. The molecule has 3 heterocycles. The number of nitrogens with zero attached hydrogens (tertiary/aromatic N) is 4. The molecular weight excluding hydrogens is 406 g/mol. The molecule has 3 aromatic heterocycles. The second-order valence-corrected chi connectivity index (χ2v) is 9.28. The molecule has 6 nitrogen and oxygen atoms in total. The Kier molecular flexibility index (Phi) is 5.32. The molecule has 1 N–H and O–H groups in total. The van der Waals surface area contributed by atoms with Gasteiger partial charge in [-0.15, -0.1) is 11.3 Å². The first kappa shape index (κ1) is 19.9. The summed E-state index contributed by atoms with van der Waals surface area (Å²) in [5.74, 6) is 0.667. The first-order valence-electron chi connectivity index (χ1n) is 9.78. The average Bonchev–Trinajstić information content (AvgIpc) is 3.17. The van der Waals surface area contributed by atoms with Crippen LogP contribution < -0.4 is 5.56 Å². The number of fused-ring (bicyclic) bond motifs is 3. The molecule has 150 valence electrons. The van der Waals surface area contributed by atoms with Gasteiger partial charge in [0.15, 0.2) is 5.82 Å². The van der Waals surface area contributed by atoms with Gasteiger partial charge >= 0.3 is 0 Å². The number of aromatic amines is 1. The van der Waals surface area contributed by atoms with E-state index in [4.69, 9.17) is 11.6 Å². The summed E-state index contributed by atoms with van der Waals surface area (Å²) in [5.41, 5.74) is 2.64. The summed E-state index contributed by atoms with van der Waals surface area (Å²) in [5, 5.41) is 15.4. The fourth-order valence-electron chi connectivity index (χ4n) is 3.79. The predicted octanol–water partition coefficient (Wildman–Crippen LogP) is 4.74. The van der Waals surface area contributed by atoms with Gasteiger partial charge in [0.1, 0.15) is 16.1 Å². The van der Waals surface area contributed by atoms with Crippen LogP contribution >= 0.6 is 22.9 Å². The molecule has 8 heteroatoms. The van der Waals surface area contributed by atoms with E-state index in [1.54, 1.807) is 22.1 Å². The largest absolute Gasteiger partial charge is 0.305 e. The van der Waals surface area contributed by atoms with Crippen LogP contribution in [0.5, 0.6) is 0 Å². The third kappa shape index (κ3) is 3.63. The van der Waals surface area contributed by atoms with E-state index in [-0.39, 0.29) is 17.0 Å². The number of allylic oxidation sites excluding steroid dienone is 1. The minimum Gasteiger partial charge on any atom is -0.305 e. The Morgan fingerprint density at radius 1 is 1.41 bits per heavy atom. The number of H-pyrrole nitrogens is 1. The normalized spacial score (nSPS) is 14.4. The van der Waals surface area contributed by atoms with Gasteiger partial charge in [-0.25, -0.2) is 4.98 Å². The highest BCUT2D eigenvalue weighted by Gasteiger charge is 2.21. The average molecular weight is 428 g/mol. The monoisotopic (exact) mass is 427 g/mol. The van der Waals surface area contributed by atoms with Gasteiger partial charge in [-0.1, -0.05) is 25.4 Å². The van der Waals surface area contributed by atoms with Crippen molar-refractivity contribution in [2.75, 3.05) is 0 Å². The molecule has 0 fully saturated rings. The molecule has 0 atom stereocenters. The van der Waals surface area contributed by atoms with E-state index >= 15 is 0 Å². The second kappa shape index (κ2) is 7.77. The fourth-order valence-corrected chi connectivity index (χ4v) is 5.35. The van der Waals surface area contributed by atoms with Gasteiger partial charge in [0.25, 0.3) is 5.56 Å². The van der Waals surface area contributed by atoms with Crippen molar-refractivity contribution in [2.24, 2.45) is 5.92 Å². The highest BCUT2D eigenvalue weighted by molar-refractivity contribution is 7.18. The Labute approximate surface area is 177 Å². The Morgan fingerprint density at radius 2 is 2.17 bits per heavy atom. The Morgan fingerprint density at radius 3 is 2.90 bits per heavy atom. The van der Waals surface area contributed by atoms with E-state index < -0.39 is 0 Å². The van der Waals surface area contributed by atoms with E-state index in [0.717, 1.165) is 36.9 Å². The summed E-state index contributed by atoms with van der Waals surface area (Å²) < 4.78 is 1.75. The van der Waals surface area contributed by atoms with Crippen molar-refractivity contribution in [3.05, 3.63) is 43.0 Å². The SMILES string of the molecule is Cc1nn(CC(C)C)c(Cl)c1/C=C(\C#N)c1nc2sc3c(c2c(=O)[nH]1)CCCC3. The lowest BCUT2D eigenvalue weighted by atomic mass is 9.97. The smallest absolute Gasteiger partial charge is 0.260 e. The van der Waals surface area contributed by atoms with Crippen LogP contribution in [0.3, 0.4) is 0 Å². The molecule has 1 aliphatic rings. The first-order chi connectivity index (χ1) is 13.9. The van der Waals surface area contributed by atoms with Crippen molar-refractivity contribution < 1.29 is 0 Å². The van der Waals surface area contributed by atoms with Gasteiger partial charge in [0.05, 0.1) is 16.7 Å². The van der Waals surface area contributed by atoms with Crippen LogP contribution in [0.2, 0.25) is 5.15 Å². The Hall–Kier alpha value is -2.43. The lowest BCUT2D eigenvalue weighted by molar-refractivity contribution is 0.482. The number of hydrogen-bond donors (Lipinski definition) is 1. The molecule has 0 saturated carbocycles. The zero-order valence-electron chi connectivity index (χ0n) is 16.7. The Bertz CT molecular complexity index is 1220. The maximum Gasteiger partial charge on any atom is 0.260 e. The number of thiophene rings is 1. The Balaban J connectivity index is 1.81. The summed E-state index contributed by atoms with van der Waals surface area (Å²) in [6, 6.07) is 2.16. The molecule has 1 aliphatic carbocycles. The summed E-state index contributed by atoms with van der Waals surface area (Å²) in [7, 11) is 0. The maximum absolute atomic E-state index is 12.8. The van der Waals surface area contributed by atoms with Gasteiger partial charge in [-0.05, 0) is 50.2 Å². The standard InChI is InChI=1S/C21H22ClN5OS/c1-11(2)10-27-18(22)15(12(3)26-27)8-13(9-23)19-24-20(28)17-14-6-4-5-7-16(14)29-21(17)25-19/h8,11H,4-7,10H2,1-3H3,(H,24,25,28)/b13-8+. The summed E-state index contributed by atoms with van der Waals surface area (Å²) in [4.78, 5) is 22.2. The summed E-state index contributed by atoms with van der Waals surface area (Å²) in [6.45, 7) is 6.73. The molecule has 3 aromatic rings. The molecule has 0 aliphatic heterocycles. The highest BCUT2D eigenvalue weighted by Crippen LogP contribution is 2.34. The van der Waals surface area contributed by atoms with E-state index in [0.29, 0.717) is 33.4 Å². The zero-order chi connectivity index (χ0) is 20.7. The molecular formula is C21H22ClN5OS. The van der Waals surface area contributed by atoms with Crippen molar-refractivity contribution in [3.8, 4) is 6.07 Å². The van der Waals surface area contributed by atoms with E-state index in [9.17, 15) is 10.1 Å². The van der Waals surface area contributed by atoms with Crippen molar-refractivity contribution in [3.63, 3.8) is 0 Å². The number of aryl methyl sites for hydroxylation is 3. The van der Waals surface area contributed by atoms with Gasteiger partial charge < -0.3 is 4.98 Å². The van der Waals surface area contributed by atoms with Gasteiger partial charge in [-0.3, -0.25) is 9.48 Å². The van der Waals surface area contributed by atoms with Crippen molar-refractivity contribution in [1.82, 2.24) is 19.7 Å². The maximum atomic E-state index is 12.8. The minimum absolute atomic E-state index is 0.177. The number of rotatable bonds is 4. The van der Waals surface area contributed by atoms with Crippen molar-refractivity contribution in [1.29, 1.82) is 5.26 Å². The molecule has 0 bridgehead atoms. The number of halogens is 1. The third-order valence-electron chi connectivity index (χ3n) is 5.14. The first-order valence-corrected chi connectivity index (χ1v) is 11.0. The van der Waals surface area contributed by atoms with Crippen molar-refractivity contribution in [2.45, 2.75) is 53.0 Å². The van der Waals surface area contributed by atoms with Crippen LogP contribution in [0.4, 0.5) is 0 Å². The van der Waals surface area contributed by atoms with E-state index in [1.807, 2.05) is 6.92 Å². The molecule has 0 aromatic carbocycles. The van der Waals surface area contributed by atoms with E-state index in [2.05, 4.69) is 35.0 Å². The lowest BCUT2D eigenvalue weighted by Gasteiger charge is -2.09. The van der Waals surface area contributed by atoms with Crippen LogP contribution in [0, 0.1) is 24.2 Å². The van der Waals surface area contributed by atoms with Crippen LogP contribution in [0.25, 0.3) is 21.9 Å². The fraction of sp³-hybridized carbons (Fsp3) is 0.429. The summed E-state index contributed by atoms with van der Waals surface area (Å²) in [6.07, 6.45) is 5.83. The molecule has 0 spiro atoms. The topological polar surface area (TPSA) is 87.4 Å². The number of nitrogens with one attached hydrogen (secondary N) is 1. The van der Waals surface area contributed by atoms with Crippen LogP contribution in [0.15, 0.2) is 4.79 Å². The zero-order valence-corrected chi connectivity index (χ0v) is 18.2. The minimum atomic E-state index is -0.177. The quantitative estimate of drug-likeness (QED) is 0.609. The number of nitriles is 1.